The maximum absolute atomic E-state index is 7.00. The predicted octanol–water partition coefficient (Wildman–Crippen LogP) is 8.46. The van der Waals surface area contributed by atoms with Crippen LogP contribution in [-0.2, 0) is 30.9 Å². The first kappa shape index (κ1) is 43.3. The molecule has 274 valence electrons. The molecule has 2 aromatic carbocycles. The van der Waals surface area contributed by atoms with E-state index in [1.165, 1.54) is 33.4 Å². The molecule has 0 aliphatic heterocycles. The largest absolute Gasteiger partial charge is 1.00 e. The minimum Gasteiger partial charge on any atom is -1.00 e. The molecule has 52 heavy (non-hydrogen) atoms. The zero-order valence-corrected chi connectivity index (χ0v) is 40.1. The van der Waals surface area contributed by atoms with Gasteiger partial charge in [0, 0.05) is 0 Å². The normalized spacial score (nSPS) is 22.1. The van der Waals surface area contributed by atoms with Gasteiger partial charge in [0.2, 0.25) is 0 Å². The van der Waals surface area contributed by atoms with Gasteiger partial charge in [-0.1, -0.05) is 0 Å². The Kier molecular flexibility index (Phi) is 14.3. The molecule has 0 radical (unpaired) electrons. The molecule has 0 heterocycles. The molecule has 0 bridgehead atoms. The molecule has 0 fully saturated rings. The van der Waals surface area contributed by atoms with Crippen molar-refractivity contribution in [2.45, 2.75) is 111 Å². The Bertz CT molecular complexity index is 1860. The van der Waals surface area contributed by atoms with Crippen LogP contribution in [0.5, 0.6) is 0 Å². The van der Waals surface area contributed by atoms with Crippen LogP contribution in [0, 0.1) is 0 Å². The predicted molar refractivity (Wildman–Crippen MR) is 218 cm³/mol. The number of hydrogen-bond acceptors (Lipinski definition) is 0. The molecule has 0 spiro atoms. The van der Waals surface area contributed by atoms with Crippen LogP contribution in [0.4, 0.5) is 0 Å². The second kappa shape index (κ2) is 17.2. The van der Waals surface area contributed by atoms with E-state index < -0.39 is 25.6 Å². The minimum absolute atomic E-state index is 0. The van der Waals surface area contributed by atoms with Crippen molar-refractivity contribution in [3.8, 4) is 0 Å². The van der Waals surface area contributed by atoms with Gasteiger partial charge < -0.3 is 24.8 Å². The zero-order chi connectivity index (χ0) is 36.1. The zero-order valence-electron chi connectivity index (χ0n) is 32.5. The molecule has 0 amide bonds. The molecule has 2 aromatic rings. The standard InChI is InChI=1S/2C22H24Cl.C2H6Si.2ClH.Hf/c2*1-5-15-12-16-8-6-7-9-18(19(16)13-15)17-10-11-20(21(23)14-17)22(2,3)4;1-3-2;;;/h2*6-14,18H,5H2,1-4H3;1-2H3;2*1H;/q;;;;;+2/p-2. The summed E-state index contributed by atoms with van der Waals surface area (Å²) in [4.78, 5) is 0. The number of allylic oxidation sites excluding steroid dienone is 16. The van der Waals surface area contributed by atoms with E-state index in [9.17, 15) is 0 Å². The molecule has 4 atom stereocenters. The molecule has 4 aliphatic rings. The van der Waals surface area contributed by atoms with Crippen molar-refractivity contribution in [1.82, 2.24) is 0 Å². The fourth-order valence-corrected chi connectivity index (χ4v) is 39.2. The van der Waals surface area contributed by atoms with Crippen LogP contribution >= 0.6 is 23.2 Å². The van der Waals surface area contributed by atoms with Gasteiger partial charge in [-0.15, -0.1) is 0 Å². The first-order valence-corrected chi connectivity index (χ1v) is 31.3. The Morgan fingerprint density at radius 2 is 0.981 bits per heavy atom. The average molecular weight is 955 g/mol. The number of hydrogen-bond donors (Lipinski definition) is 0. The van der Waals surface area contributed by atoms with E-state index in [2.05, 4.69) is 166 Å². The summed E-state index contributed by atoms with van der Waals surface area (Å²) in [5.74, 6) is 0.420. The van der Waals surface area contributed by atoms with Gasteiger partial charge in [-0.3, -0.25) is 0 Å². The monoisotopic (exact) mass is 954 g/mol. The smallest absolute Gasteiger partial charge is 1.00 e. The molecule has 0 N–H and O–H groups in total. The van der Waals surface area contributed by atoms with Gasteiger partial charge in [-0.25, -0.2) is 0 Å². The maximum atomic E-state index is 7.00. The Morgan fingerprint density at radius 3 is 1.29 bits per heavy atom. The summed E-state index contributed by atoms with van der Waals surface area (Å²) in [7, 11) is 0. The summed E-state index contributed by atoms with van der Waals surface area (Å²) in [5, 5.41) is 1.75. The topological polar surface area (TPSA) is 0 Å². The molecule has 0 saturated heterocycles. The molecule has 0 saturated carbocycles. The van der Waals surface area contributed by atoms with Crippen LogP contribution in [0.3, 0.4) is 0 Å². The van der Waals surface area contributed by atoms with Crippen LogP contribution in [-0.4, -0.2) is 5.49 Å². The quantitative estimate of drug-likeness (QED) is 0.255. The molecule has 4 aliphatic carbocycles. The maximum Gasteiger partial charge on any atom is -1.00 e. The molecule has 0 nitrogen and oxygen atoms in total. The van der Waals surface area contributed by atoms with Crippen LogP contribution in [0.1, 0.15) is 102 Å². The van der Waals surface area contributed by atoms with E-state index >= 15 is 0 Å². The van der Waals surface area contributed by atoms with Crippen molar-refractivity contribution in [3.05, 3.63) is 163 Å². The Hall–Kier alpha value is -1.39. The molecule has 6 rings (SSSR count). The number of rotatable bonds is 6. The van der Waals surface area contributed by atoms with Crippen molar-refractivity contribution in [2.24, 2.45) is 0 Å². The average Bonchev–Trinajstić information content (AvgIpc) is 3.39. The third kappa shape index (κ3) is 8.39. The second-order valence-electron chi connectivity index (χ2n) is 16.7. The first-order valence-electron chi connectivity index (χ1n) is 18.5. The number of halogens is 4. The summed E-state index contributed by atoms with van der Waals surface area (Å²) < 4.78 is 1.20. The Morgan fingerprint density at radius 1 is 0.596 bits per heavy atom. The van der Waals surface area contributed by atoms with Crippen molar-refractivity contribution in [2.75, 3.05) is 0 Å². The third-order valence-electron chi connectivity index (χ3n) is 11.1. The van der Waals surface area contributed by atoms with Crippen molar-refractivity contribution >= 4 is 28.7 Å². The van der Waals surface area contributed by atoms with Gasteiger partial charge in [0.25, 0.3) is 0 Å². The third-order valence-corrected chi connectivity index (χ3v) is 39.4. The fourth-order valence-electron chi connectivity index (χ4n) is 8.60. The summed E-state index contributed by atoms with van der Waals surface area (Å²) in [6.07, 6.45) is 26.4. The van der Waals surface area contributed by atoms with Gasteiger partial charge in [0.15, 0.2) is 0 Å². The van der Waals surface area contributed by atoms with E-state index in [-0.39, 0.29) is 47.5 Å². The van der Waals surface area contributed by atoms with Crippen LogP contribution in [0.15, 0.2) is 131 Å². The molecule has 4 unspecified atom stereocenters. The van der Waals surface area contributed by atoms with Gasteiger partial charge in [0.1, 0.15) is 0 Å². The summed E-state index contributed by atoms with van der Waals surface area (Å²) >= 11 is 11.5. The van der Waals surface area contributed by atoms with Crippen molar-refractivity contribution < 1.29 is 44.9 Å². The SMILES string of the molecule is CCC1=CC2=C(C=CC=CC2c2ccc(C(C)(C)C)c(Cl)c2)[CH]1[Hf+2]([CH]1C(CC)=CC2=C1C=CC=CC2c1ccc(C(C)(C)C)c(Cl)c1)=[Si](C)C.[Cl-].[Cl-]. The summed E-state index contributed by atoms with van der Waals surface area (Å²) in [6.45, 7) is 23.5. The fraction of sp³-hybridized carbons (Fsp3) is 0.391. The van der Waals surface area contributed by atoms with E-state index in [0.29, 0.717) is 7.35 Å². The van der Waals surface area contributed by atoms with E-state index in [4.69, 9.17) is 23.2 Å². The molecular weight excluding hydrogens is 901 g/mol. The van der Waals surface area contributed by atoms with E-state index in [0.717, 1.165) is 22.9 Å². The first-order chi connectivity index (χ1) is 23.6. The second-order valence-corrected chi connectivity index (χ2v) is 42.4. The van der Waals surface area contributed by atoms with Crippen molar-refractivity contribution in [3.63, 3.8) is 0 Å². The summed E-state index contributed by atoms with van der Waals surface area (Å²) in [6, 6.07) is 13.7. The van der Waals surface area contributed by atoms with Gasteiger partial charge >= 0.3 is 323 Å². The van der Waals surface area contributed by atoms with Crippen LogP contribution < -0.4 is 24.8 Å². The van der Waals surface area contributed by atoms with Crippen LogP contribution in [0.25, 0.3) is 0 Å². The number of benzene rings is 2. The van der Waals surface area contributed by atoms with Crippen molar-refractivity contribution in [1.29, 1.82) is 0 Å². The Balaban J connectivity index is 0.00000302. The summed E-state index contributed by atoms with van der Waals surface area (Å²) in [5.41, 5.74) is 14.0. The molecule has 0 aromatic heterocycles. The van der Waals surface area contributed by atoms with Gasteiger partial charge in [0.05, 0.1) is 0 Å². The Labute approximate surface area is 344 Å². The van der Waals surface area contributed by atoms with E-state index in [1.54, 1.807) is 22.3 Å². The van der Waals surface area contributed by atoms with Gasteiger partial charge in [-0.05, 0) is 0 Å². The molecule has 6 heteroatoms. The van der Waals surface area contributed by atoms with Crippen LogP contribution in [0.2, 0.25) is 30.5 Å². The minimum atomic E-state index is -2.54. The van der Waals surface area contributed by atoms with Gasteiger partial charge in [-0.2, -0.15) is 0 Å². The molecular formula is C46H54Cl4HfSi. The van der Waals surface area contributed by atoms with E-state index in [1.807, 2.05) is 0 Å².